The summed E-state index contributed by atoms with van der Waals surface area (Å²) >= 11 is 0. The lowest BCUT2D eigenvalue weighted by Gasteiger charge is -2.08. The summed E-state index contributed by atoms with van der Waals surface area (Å²) in [6.07, 6.45) is 0. The molecule has 0 aliphatic rings. The van der Waals surface area contributed by atoms with Crippen LogP contribution >= 0.6 is 0 Å². The Labute approximate surface area is 111 Å². The van der Waals surface area contributed by atoms with Crippen molar-refractivity contribution < 1.29 is 13.9 Å². The number of benzene rings is 2. The number of hydrogen-bond donors (Lipinski definition) is 1. The smallest absolute Gasteiger partial charge is 0.126 e. The Hall–Kier alpha value is -2.07. The molecule has 4 heteroatoms. The molecule has 2 aromatic rings. The molecule has 0 saturated heterocycles. The van der Waals surface area contributed by atoms with Crippen LogP contribution in [0.2, 0.25) is 0 Å². The van der Waals surface area contributed by atoms with Gasteiger partial charge in [0, 0.05) is 12.6 Å². The first-order valence-electron chi connectivity index (χ1n) is 6.08. The van der Waals surface area contributed by atoms with Crippen LogP contribution in [0.3, 0.4) is 0 Å². The SMILES string of the molecule is NCc1ccc(OCCOc2cccc(F)c2)cc1. The third-order valence-corrected chi connectivity index (χ3v) is 2.58. The first-order valence-corrected chi connectivity index (χ1v) is 6.08. The second kappa shape index (κ2) is 6.75. The van der Waals surface area contributed by atoms with Gasteiger partial charge in [0.2, 0.25) is 0 Å². The van der Waals surface area contributed by atoms with E-state index in [1.807, 2.05) is 24.3 Å². The van der Waals surface area contributed by atoms with Crippen LogP contribution in [0.25, 0.3) is 0 Å². The molecule has 0 fully saturated rings. The van der Waals surface area contributed by atoms with Crippen LogP contribution < -0.4 is 15.2 Å². The number of rotatable bonds is 6. The third kappa shape index (κ3) is 4.26. The van der Waals surface area contributed by atoms with Crippen molar-refractivity contribution in [2.24, 2.45) is 5.73 Å². The normalized spacial score (nSPS) is 10.2. The first-order chi connectivity index (χ1) is 9.28. The van der Waals surface area contributed by atoms with Gasteiger partial charge in [0.05, 0.1) is 0 Å². The topological polar surface area (TPSA) is 44.5 Å². The summed E-state index contributed by atoms with van der Waals surface area (Å²) in [6.45, 7) is 1.28. The number of ether oxygens (including phenoxy) is 2. The summed E-state index contributed by atoms with van der Waals surface area (Å²) in [5, 5.41) is 0. The maximum atomic E-state index is 12.9. The standard InChI is InChI=1S/C15H16FNO2/c16-13-2-1-3-15(10-13)19-9-8-18-14-6-4-12(11-17)5-7-14/h1-7,10H,8-9,11,17H2. The molecule has 0 unspecified atom stereocenters. The molecule has 0 bridgehead atoms. The van der Waals surface area contributed by atoms with Gasteiger partial charge in [-0.1, -0.05) is 18.2 Å². The minimum atomic E-state index is -0.309. The Morgan fingerprint density at radius 3 is 2.21 bits per heavy atom. The minimum absolute atomic E-state index is 0.309. The molecule has 0 radical (unpaired) electrons. The van der Waals surface area contributed by atoms with E-state index in [1.165, 1.54) is 12.1 Å². The quantitative estimate of drug-likeness (QED) is 0.813. The zero-order valence-electron chi connectivity index (χ0n) is 10.5. The van der Waals surface area contributed by atoms with E-state index in [0.717, 1.165) is 11.3 Å². The summed E-state index contributed by atoms with van der Waals surface area (Å²) in [5.74, 6) is 0.956. The molecule has 2 rings (SSSR count). The van der Waals surface area contributed by atoms with Crippen LogP contribution in [0.15, 0.2) is 48.5 Å². The van der Waals surface area contributed by atoms with Crippen molar-refractivity contribution in [2.45, 2.75) is 6.54 Å². The second-order valence-corrected chi connectivity index (χ2v) is 4.00. The average molecular weight is 261 g/mol. The van der Waals surface area contributed by atoms with Gasteiger partial charge >= 0.3 is 0 Å². The predicted octanol–water partition coefficient (Wildman–Crippen LogP) is 2.74. The predicted molar refractivity (Wildman–Crippen MR) is 71.7 cm³/mol. The molecule has 100 valence electrons. The molecule has 2 N–H and O–H groups in total. The maximum Gasteiger partial charge on any atom is 0.126 e. The highest BCUT2D eigenvalue weighted by atomic mass is 19.1. The van der Waals surface area contributed by atoms with Crippen LogP contribution in [0, 0.1) is 5.82 Å². The molecule has 19 heavy (non-hydrogen) atoms. The van der Waals surface area contributed by atoms with Gasteiger partial charge in [-0.2, -0.15) is 0 Å². The van der Waals surface area contributed by atoms with Crippen molar-refractivity contribution >= 4 is 0 Å². The van der Waals surface area contributed by atoms with Gasteiger partial charge in [0.15, 0.2) is 0 Å². The highest BCUT2D eigenvalue weighted by molar-refractivity contribution is 5.27. The van der Waals surface area contributed by atoms with Gasteiger partial charge in [-0.05, 0) is 29.8 Å². The zero-order valence-corrected chi connectivity index (χ0v) is 10.5. The van der Waals surface area contributed by atoms with E-state index in [-0.39, 0.29) is 5.82 Å². The van der Waals surface area contributed by atoms with E-state index in [4.69, 9.17) is 15.2 Å². The van der Waals surface area contributed by atoms with Gasteiger partial charge < -0.3 is 15.2 Å². The Morgan fingerprint density at radius 1 is 0.895 bits per heavy atom. The van der Waals surface area contributed by atoms with Crippen LogP contribution in [0.4, 0.5) is 4.39 Å². The van der Waals surface area contributed by atoms with Gasteiger partial charge in [0.1, 0.15) is 30.5 Å². The van der Waals surface area contributed by atoms with Crippen molar-refractivity contribution in [3.8, 4) is 11.5 Å². The summed E-state index contributed by atoms with van der Waals surface area (Å²) in [5.41, 5.74) is 6.57. The van der Waals surface area contributed by atoms with E-state index in [1.54, 1.807) is 12.1 Å². The third-order valence-electron chi connectivity index (χ3n) is 2.58. The van der Waals surface area contributed by atoms with Crippen molar-refractivity contribution in [1.29, 1.82) is 0 Å². The Kier molecular flexibility index (Phi) is 4.75. The number of hydrogen-bond acceptors (Lipinski definition) is 3. The van der Waals surface area contributed by atoms with Gasteiger partial charge in [-0.15, -0.1) is 0 Å². The summed E-state index contributed by atoms with van der Waals surface area (Å²) in [4.78, 5) is 0. The molecule has 0 heterocycles. The molecule has 0 saturated carbocycles. The summed E-state index contributed by atoms with van der Waals surface area (Å²) in [6, 6.07) is 13.6. The summed E-state index contributed by atoms with van der Waals surface area (Å²) in [7, 11) is 0. The van der Waals surface area contributed by atoms with Gasteiger partial charge in [-0.3, -0.25) is 0 Å². The molecule has 0 spiro atoms. The highest BCUT2D eigenvalue weighted by Gasteiger charge is 1.97. The lowest BCUT2D eigenvalue weighted by molar-refractivity contribution is 0.216. The first kappa shape index (κ1) is 13.4. The fraction of sp³-hybridized carbons (Fsp3) is 0.200. The molecular formula is C15H16FNO2. The molecule has 0 aliphatic carbocycles. The van der Waals surface area contributed by atoms with E-state index < -0.39 is 0 Å². The van der Waals surface area contributed by atoms with E-state index in [2.05, 4.69) is 0 Å². The highest BCUT2D eigenvalue weighted by Crippen LogP contribution is 2.13. The van der Waals surface area contributed by atoms with Crippen LogP contribution in [-0.4, -0.2) is 13.2 Å². The largest absolute Gasteiger partial charge is 0.490 e. The van der Waals surface area contributed by atoms with E-state index in [9.17, 15) is 4.39 Å². The second-order valence-electron chi connectivity index (χ2n) is 4.00. The van der Waals surface area contributed by atoms with Crippen LogP contribution in [-0.2, 0) is 6.54 Å². The molecule has 0 amide bonds. The Bertz CT molecular complexity index is 514. The fourth-order valence-electron chi connectivity index (χ4n) is 1.60. The summed E-state index contributed by atoms with van der Waals surface area (Å²) < 4.78 is 23.8. The molecule has 0 aliphatic heterocycles. The average Bonchev–Trinajstić information content (AvgIpc) is 2.44. The van der Waals surface area contributed by atoms with Gasteiger partial charge in [0.25, 0.3) is 0 Å². The molecule has 0 atom stereocenters. The zero-order chi connectivity index (χ0) is 13.5. The number of nitrogens with two attached hydrogens (primary N) is 1. The molecule has 0 aromatic heterocycles. The molecule has 2 aromatic carbocycles. The molecule has 3 nitrogen and oxygen atoms in total. The van der Waals surface area contributed by atoms with Crippen molar-refractivity contribution in [2.75, 3.05) is 13.2 Å². The lowest BCUT2D eigenvalue weighted by Crippen LogP contribution is -2.09. The van der Waals surface area contributed by atoms with Crippen molar-refractivity contribution in [3.63, 3.8) is 0 Å². The van der Waals surface area contributed by atoms with Crippen LogP contribution in [0.1, 0.15) is 5.56 Å². The monoisotopic (exact) mass is 261 g/mol. The fourth-order valence-corrected chi connectivity index (χ4v) is 1.60. The number of halogens is 1. The van der Waals surface area contributed by atoms with Crippen molar-refractivity contribution in [1.82, 2.24) is 0 Å². The van der Waals surface area contributed by atoms with E-state index in [0.29, 0.717) is 25.5 Å². The minimum Gasteiger partial charge on any atom is -0.490 e. The van der Waals surface area contributed by atoms with Gasteiger partial charge in [-0.25, -0.2) is 4.39 Å². The Morgan fingerprint density at radius 2 is 1.58 bits per heavy atom. The lowest BCUT2D eigenvalue weighted by atomic mass is 10.2. The maximum absolute atomic E-state index is 12.9. The molecular weight excluding hydrogens is 245 g/mol. The van der Waals surface area contributed by atoms with Crippen LogP contribution in [0.5, 0.6) is 11.5 Å². The van der Waals surface area contributed by atoms with E-state index >= 15 is 0 Å². The van der Waals surface area contributed by atoms with Crippen molar-refractivity contribution in [3.05, 3.63) is 59.9 Å². The Balaban J connectivity index is 1.74.